The van der Waals surface area contributed by atoms with Crippen LogP contribution in [0.5, 0.6) is 0 Å². The molecule has 2 aromatic rings. The van der Waals surface area contributed by atoms with Gasteiger partial charge < -0.3 is 10.6 Å². The lowest BCUT2D eigenvalue weighted by atomic mass is 10.1. The van der Waals surface area contributed by atoms with E-state index in [9.17, 15) is 4.79 Å². The summed E-state index contributed by atoms with van der Waals surface area (Å²) in [5.74, 6) is -0.0174. The fourth-order valence-corrected chi connectivity index (χ4v) is 2.67. The number of amides is 1. The van der Waals surface area contributed by atoms with E-state index >= 15 is 0 Å². The lowest BCUT2D eigenvalue weighted by molar-refractivity contribution is -0.709. The van der Waals surface area contributed by atoms with Crippen LogP contribution in [0.1, 0.15) is 25.5 Å². The number of quaternary nitrogens is 1. The summed E-state index contributed by atoms with van der Waals surface area (Å²) < 4.78 is 0.986. The molecular weight excluding hydrogens is 364 g/mol. The number of nitrogens with one attached hydrogen (secondary N) is 1. The van der Waals surface area contributed by atoms with Crippen LogP contribution in [-0.2, 0) is 4.79 Å². The van der Waals surface area contributed by atoms with E-state index in [-0.39, 0.29) is 18.0 Å². The molecule has 0 bridgehead atoms. The molecule has 0 unspecified atom stereocenters. The van der Waals surface area contributed by atoms with Crippen LogP contribution in [0.15, 0.2) is 53.0 Å². The van der Waals surface area contributed by atoms with E-state index in [4.69, 9.17) is 11.6 Å². The number of halogens is 2. The monoisotopic (exact) mass is 381 g/mol. The molecule has 0 aliphatic rings. The van der Waals surface area contributed by atoms with Crippen molar-refractivity contribution in [1.29, 1.82) is 0 Å². The molecule has 5 heteroatoms. The predicted octanol–water partition coefficient (Wildman–Crippen LogP) is 3.75. The fraction of sp³-hybridized carbons (Fsp3) is 0.235. The smallest absolute Gasteiger partial charge is 0.282 e. The molecule has 2 rings (SSSR count). The molecule has 0 spiro atoms. The molecule has 3 nitrogen and oxygen atoms in total. The van der Waals surface area contributed by atoms with Gasteiger partial charge in [-0.25, -0.2) is 0 Å². The normalized spacial score (nSPS) is 13.5. The van der Waals surface area contributed by atoms with Crippen molar-refractivity contribution in [3.05, 3.63) is 63.6 Å². The second-order valence-corrected chi connectivity index (χ2v) is 6.67. The Labute approximate surface area is 144 Å². The first kappa shape index (κ1) is 17.0. The number of carbonyl (C=O) groups excluding carboxylic acids is 1. The molecule has 3 N–H and O–H groups in total. The van der Waals surface area contributed by atoms with E-state index in [1.54, 1.807) is 0 Å². The van der Waals surface area contributed by atoms with Crippen LogP contribution in [0.4, 0.5) is 5.69 Å². The third kappa shape index (κ3) is 4.83. The van der Waals surface area contributed by atoms with Crippen molar-refractivity contribution in [3.63, 3.8) is 0 Å². The largest absolute Gasteiger partial charge is 0.330 e. The molecule has 0 fully saturated rings. The standard InChI is InChI=1S/C17H18BrClN2O/c1-11(13-4-3-5-15(19)10-13)20-12(2)17(22)21-16-8-6-14(18)7-9-16/h3-12,20H,1-2H3,(H,21,22)/p+1/t11-,12-/m0/s1. The summed E-state index contributed by atoms with van der Waals surface area (Å²) in [7, 11) is 0. The Kier molecular flexibility index (Phi) is 6.00. The van der Waals surface area contributed by atoms with E-state index in [2.05, 4.69) is 28.2 Å². The average Bonchev–Trinajstić information content (AvgIpc) is 2.49. The van der Waals surface area contributed by atoms with Gasteiger partial charge in [-0.3, -0.25) is 4.79 Å². The summed E-state index contributed by atoms with van der Waals surface area (Å²) in [6.45, 7) is 3.96. The Balaban J connectivity index is 1.94. The summed E-state index contributed by atoms with van der Waals surface area (Å²) in [6.07, 6.45) is 0. The molecule has 2 aromatic carbocycles. The second kappa shape index (κ2) is 7.77. The zero-order chi connectivity index (χ0) is 16.1. The number of hydrogen-bond donors (Lipinski definition) is 2. The molecule has 2 atom stereocenters. The number of nitrogens with two attached hydrogens (primary N) is 1. The number of rotatable bonds is 5. The predicted molar refractivity (Wildman–Crippen MR) is 94.0 cm³/mol. The van der Waals surface area contributed by atoms with Crippen LogP contribution in [0, 0.1) is 0 Å². The zero-order valence-electron chi connectivity index (χ0n) is 12.5. The molecule has 0 aliphatic carbocycles. The summed E-state index contributed by atoms with van der Waals surface area (Å²) in [6, 6.07) is 15.2. The summed E-state index contributed by atoms with van der Waals surface area (Å²) >= 11 is 9.39. The lowest BCUT2D eigenvalue weighted by Gasteiger charge is -2.17. The number of carbonyl (C=O) groups is 1. The maximum atomic E-state index is 12.3. The van der Waals surface area contributed by atoms with Gasteiger partial charge in [0.1, 0.15) is 6.04 Å². The Morgan fingerprint density at radius 1 is 1.18 bits per heavy atom. The van der Waals surface area contributed by atoms with Gasteiger partial charge in [0.25, 0.3) is 5.91 Å². The van der Waals surface area contributed by atoms with Crippen molar-refractivity contribution in [1.82, 2.24) is 0 Å². The topological polar surface area (TPSA) is 45.7 Å². The minimum atomic E-state index is -0.197. The lowest BCUT2D eigenvalue weighted by Crippen LogP contribution is -2.91. The minimum absolute atomic E-state index is 0.0174. The van der Waals surface area contributed by atoms with Crippen LogP contribution in [0.3, 0.4) is 0 Å². The van der Waals surface area contributed by atoms with Crippen LogP contribution in [0.25, 0.3) is 0 Å². The molecule has 1 amide bonds. The zero-order valence-corrected chi connectivity index (χ0v) is 14.9. The van der Waals surface area contributed by atoms with E-state index in [0.717, 1.165) is 15.7 Å². The number of anilines is 1. The molecular formula is C17H19BrClN2O+. The Morgan fingerprint density at radius 2 is 1.86 bits per heavy atom. The molecule has 0 aromatic heterocycles. The highest BCUT2D eigenvalue weighted by Crippen LogP contribution is 2.16. The molecule has 0 heterocycles. The first-order valence-corrected chi connectivity index (χ1v) is 8.29. The molecule has 22 heavy (non-hydrogen) atoms. The highest BCUT2D eigenvalue weighted by atomic mass is 79.9. The van der Waals surface area contributed by atoms with Gasteiger partial charge in [-0.05, 0) is 50.2 Å². The first-order valence-electron chi connectivity index (χ1n) is 7.12. The second-order valence-electron chi connectivity index (χ2n) is 5.32. The maximum absolute atomic E-state index is 12.3. The van der Waals surface area contributed by atoms with E-state index < -0.39 is 0 Å². The highest BCUT2D eigenvalue weighted by Gasteiger charge is 2.20. The molecule has 0 saturated carbocycles. The molecule has 116 valence electrons. The fourth-order valence-electron chi connectivity index (χ4n) is 2.21. The minimum Gasteiger partial charge on any atom is -0.330 e. The van der Waals surface area contributed by atoms with Crippen molar-refractivity contribution in [3.8, 4) is 0 Å². The van der Waals surface area contributed by atoms with Crippen molar-refractivity contribution in [2.45, 2.75) is 25.9 Å². The van der Waals surface area contributed by atoms with Crippen molar-refractivity contribution >= 4 is 39.1 Å². The SMILES string of the molecule is C[C@H]([NH2+][C@@H](C)c1cccc(Cl)c1)C(=O)Nc1ccc(Br)cc1. The third-order valence-corrected chi connectivity index (χ3v) is 4.24. The highest BCUT2D eigenvalue weighted by molar-refractivity contribution is 9.10. The Bertz CT molecular complexity index is 645. The van der Waals surface area contributed by atoms with Crippen molar-refractivity contribution in [2.24, 2.45) is 0 Å². The van der Waals surface area contributed by atoms with Gasteiger partial charge >= 0.3 is 0 Å². The van der Waals surface area contributed by atoms with Gasteiger partial charge in [0.15, 0.2) is 6.04 Å². The van der Waals surface area contributed by atoms with Gasteiger partial charge in [-0.1, -0.05) is 39.7 Å². The van der Waals surface area contributed by atoms with Crippen LogP contribution in [-0.4, -0.2) is 11.9 Å². The molecule has 0 radical (unpaired) electrons. The quantitative estimate of drug-likeness (QED) is 0.812. The average molecular weight is 383 g/mol. The molecule has 0 aliphatic heterocycles. The van der Waals surface area contributed by atoms with E-state index in [1.165, 1.54) is 0 Å². The van der Waals surface area contributed by atoms with Crippen molar-refractivity contribution < 1.29 is 10.1 Å². The van der Waals surface area contributed by atoms with E-state index in [0.29, 0.717) is 5.02 Å². The molecule has 0 saturated heterocycles. The van der Waals surface area contributed by atoms with Gasteiger partial charge in [0.2, 0.25) is 0 Å². The van der Waals surface area contributed by atoms with Gasteiger partial charge in [0.05, 0.1) is 0 Å². The first-order chi connectivity index (χ1) is 10.5. The van der Waals surface area contributed by atoms with E-state index in [1.807, 2.05) is 60.8 Å². The van der Waals surface area contributed by atoms with Crippen molar-refractivity contribution in [2.75, 3.05) is 5.32 Å². The van der Waals surface area contributed by atoms with Crippen LogP contribution in [0.2, 0.25) is 5.02 Å². The third-order valence-electron chi connectivity index (χ3n) is 3.48. The summed E-state index contributed by atoms with van der Waals surface area (Å²) in [4.78, 5) is 12.3. The Morgan fingerprint density at radius 3 is 2.50 bits per heavy atom. The number of benzene rings is 2. The van der Waals surface area contributed by atoms with Crippen LogP contribution >= 0.6 is 27.5 Å². The van der Waals surface area contributed by atoms with Crippen LogP contribution < -0.4 is 10.6 Å². The van der Waals surface area contributed by atoms with Gasteiger partial charge in [0, 0.05) is 20.7 Å². The summed E-state index contributed by atoms with van der Waals surface area (Å²) in [5.41, 5.74) is 1.90. The number of hydrogen-bond acceptors (Lipinski definition) is 1. The van der Waals surface area contributed by atoms with Gasteiger partial charge in [-0.2, -0.15) is 0 Å². The van der Waals surface area contributed by atoms with Gasteiger partial charge in [-0.15, -0.1) is 0 Å². The summed E-state index contributed by atoms with van der Waals surface area (Å²) in [5, 5.41) is 5.66. The Hall–Kier alpha value is -1.36. The maximum Gasteiger partial charge on any atom is 0.282 e.